The number of benzene rings is 1. The number of rotatable bonds is 6. The molecule has 1 atom stereocenters. The number of hydrogen-bond donors (Lipinski definition) is 1. The highest BCUT2D eigenvalue weighted by Gasteiger charge is 2.14. The van der Waals surface area contributed by atoms with Gasteiger partial charge in [-0.2, -0.15) is 0 Å². The number of carbonyl (C=O) groups is 1. The first-order chi connectivity index (χ1) is 10.1. The van der Waals surface area contributed by atoms with Gasteiger partial charge in [-0.1, -0.05) is 0 Å². The summed E-state index contributed by atoms with van der Waals surface area (Å²) in [7, 11) is 3.25. The topological polar surface area (TPSA) is 47.6 Å². The van der Waals surface area contributed by atoms with Crippen molar-refractivity contribution in [2.75, 3.05) is 20.8 Å². The molecule has 0 aliphatic rings. The molecular formula is C16H19NO3S. The first kappa shape index (κ1) is 15.5. The average molecular weight is 305 g/mol. The third-order valence-corrected chi connectivity index (χ3v) is 4.26. The second-order valence-corrected chi connectivity index (χ2v) is 5.93. The highest BCUT2D eigenvalue weighted by Crippen LogP contribution is 2.24. The molecule has 4 nitrogen and oxygen atoms in total. The molecule has 1 unspecified atom stereocenters. The molecule has 0 bridgehead atoms. The summed E-state index contributed by atoms with van der Waals surface area (Å²) in [6.07, 6.45) is -0.120. The Balaban J connectivity index is 1.95. The fourth-order valence-electron chi connectivity index (χ4n) is 1.96. The van der Waals surface area contributed by atoms with Crippen molar-refractivity contribution in [1.82, 2.24) is 5.32 Å². The molecule has 1 heterocycles. The molecule has 112 valence electrons. The molecule has 0 aliphatic heterocycles. The summed E-state index contributed by atoms with van der Waals surface area (Å²) in [6.45, 7) is 2.50. The lowest BCUT2D eigenvalue weighted by Gasteiger charge is -2.14. The van der Waals surface area contributed by atoms with E-state index in [9.17, 15) is 4.79 Å². The van der Waals surface area contributed by atoms with Crippen LogP contribution in [0.4, 0.5) is 0 Å². The number of methoxy groups -OCH3 is 2. The van der Waals surface area contributed by atoms with Crippen molar-refractivity contribution in [2.45, 2.75) is 13.0 Å². The van der Waals surface area contributed by atoms with Crippen LogP contribution in [0.2, 0.25) is 0 Å². The zero-order chi connectivity index (χ0) is 15.2. The number of hydrogen-bond acceptors (Lipinski definition) is 4. The summed E-state index contributed by atoms with van der Waals surface area (Å²) in [6, 6.07) is 11.1. The van der Waals surface area contributed by atoms with E-state index in [1.54, 1.807) is 49.8 Å². The van der Waals surface area contributed by atoms with E-state index >= 15 is 0 Å². The largest absolute Gasteiger partial charge is 0.497 e. The number of nitrogens with one attached hydrogen (secondary N) is 1. The van der Waals surface area contributed by atoms with Crippen molar-refractivity contribution >= 4 is 17.2 Å². The van der Waals surface area contributed by atoms with Crippen LogP contribution in [-0.4, -0.2) is 26.7 Å². The monoisotopic (exact) mass is 305 g/mol. The van der Waals surface area contributed by atoms with Crippen molar-refractivity contribution in [1.29, 1.82) is 0 Å². The molecule has 0 radical (unpaired) electrons. The van der Waals surface area contributed by atoms with Crippen LogP contribution >= 0.6 is 11.3 Å². The van der Waals surface area contributed by atoms with Gasteiger partial charge < -0.3 is 14.8 Å². The van der Waals surface area contributed by atoms with E-state index in [4.69, 9.17) is 9.47 Å². The van der Waals surface area contributed by atoms with Gasteiger partial charge in [-0.15, -0.1) is 11.3 Å². The van der Waals surface area contributed by atoms with Crippen LogP contribution in [0.5, 0.6) is 5.75 Å². The van der Waals surface area contributed by atoms with Gasteiger partial charge in [-0.25, -0.2) is 0 Å². The number of thiophene rings is 1. The molecule has 0 spiro atoms. The Morgan fingerprint density at radius 2 is 1.90 bits per heavy atom. The number of amides is 1. The van der Waals surface area contributed by atoms with E-state index < -0.39 is 0 Å². The molecular weight excluding hydrogens is 286 g/mol. The highest BCUT2D eigenvalue weighted by atomic mass is 32.1. The first-order valence-corrected chi connectivity index (χ1v) is 7.47. The fraction of sp³-hybridized carbons (Fsp3) is 0.312. The minimum Gasteiger partial charge on any atom is -0.497 e. The maximum absolute atomic E-state index is 12.1. The Hall–Kier alpha value is -1.85. The summed E-state index contributed by atoms with van der Waals surface area (Å²) in [4.78, 5) is 14.4. The fourth-order valence-corrected chi connectivity index (χ4v) is 2.91. The average Bonchev–Trinajstić information content (AvgIpc) is 2.94. The lowest BCUT2D eigenvalue weighted by atomic mass is 10.2. The van der Waals surface area contributed by atoms with Crippen LogP contribution in [0.3, 0.4) is 0 Å². The SMILES string of the molecule is COc1ccc(C(=O)NCC(OC)c2ccc(C)s2)cc1. The molecule has 0 saturated carbocycles. The molecule has 0 saturated heterocycles. The molecule has 1 aromatic heterocycles. The van der Waals surface area contributed by atoms with Gasteiger partial charge in [0.1, 0.15) is 11.9 Å². The molecule has 0 aliphatic carbocycles. The maximum atomic E-state index is 12.1. The van der Waals surface area contributed by atoms with Crippen LogP contribution < -0.4 is 10.1 Å². The van der Waals surface area contributed by atoms with E-state index in [-0.39, 0.29) is 12.0 Å². The van der Waals surface area contributed by atoms with Crippen LogP contribution in [0.1, 0.15) is 26.2 Å². The van der Waals surface area contributed by atoms with E-state index in [1.165, 1.54) is 4.88 Å². The summed E-state index contributed by atoms with van der Waals surface area (Å²) < 4.78 is 10.5. The highest BCUT2D eigenvalue weighted by molar-refractivity contribution is 7.12. The molecule has 2 aromatic rings. The molecule has 0 fully saturated rings. The Kier molecular flexibility index (Phi) is 5.36. The van der Waals surface area contributed by atoms with Gasteiger partial charge in [0.2, 0.25) is 0 Å². The third kappa shape index (κ3) is 4.06. The van der Waals surface area contributed by atoms with Crippen molar-refractivity contribution in [2.24, 2.45) is 0 Å². The molecule has 2 rings (SSSR count). The van der Waals surface area contributed by atoms with Gasteiger partial charge in [0, 0.05) is 29.0 Å². The Morgan fingerprint density at radius 3 is 2.43 bits per heavy atom. The second kappa shape index (κ2) is 7.24. The molecule has 5 heteroatoms. The Morgan fingerprint density at radius 1 is 1.19 bits per heavy atom. The summed E-state index contributed by atoms with van der Waals surface area (Å²) in [5.74, 6) is 0.614. The zero-order valence-electron chi connectivity index (χ0n) is 12.4. The quantitative estimate of drug-likeness (QED) is 0.891. The lowest BCUT2D eigenvalue weighted by molar-refractivity contribution is 0.0837. The van der Waals surface area contributed by atoms with E-state index in [0.717, 1.165) is 10.6 Å². The molecule has 1 amide bonds. The standard InChI is InChI=1S/C16H19NO3S/c1-11-4-9-15(21-11)14(20-3)10-17-16(18)12-5-7-13(19-2)8-6-12/h4-9,14H,10H2,1-3H3,(H,17,18). The Bertz CT molecular complexity index is 592. The van der Waals surface area contributed by atoms with E-state index in [0.29, 0.717) is 12.1 Å². The molecule has 1 N–H and O–H groups in total. The molecule has 21 heavy (non-hydrogen) atoms. The van der Waals surface area contributed by atoms with Crippen molar-refractivity contribution in [3.8, 4) is 5.75 Å². The van der Waals surface area contributed by atoms with Crippen LogP contribution in [-0.2, 0) is 4.74 Å². The number of carbonyl (C=O) groups excluding carboxylic acids is 1. The summed E-state index contributed by atoms with van der Waals surface area (Å²) in [5.41, 5.74) is 0.605. The maximum Gasteiger partial charge on any atom is 0.251 e. The van der Waals surface area contributed by atoms with Gasteiger partial charge in [0.25, 0.3) is 5.91 Å². The van der Waals surface area contributed by atoms with Crippen molar-refractivity contribution < 1.29 is 14.3 Å². The lowest BCUT2D eigenvalue weighted by Crippen LogP contribution is -2.28. The summed E-state index contributed by atoms with van der Waals surface area (Å²) in [5, 5.41) is 2.90. The van der Waals surface area contributed by atoms with Gasteiger partial charge in [-0.05, 0) is 43.3 Å². The first-order valence-electron chi connectivity index (χ1n) is 6.65. The predicted molar refractivity (Wildman–Crippen MR) is 84.1 cm³/mol. The van der Waals surface area contributed by atoms with Gasteiger partial charge in [0.05, 0.1) is 7.11 Å². The van der Waals surface area contributed by atoms with Crippen LogP contribution in [0, 0.1) is 6.92 Å². The predicted octanol–water partition coefficient (Wildman–Crippen LogP) is 3.18. The molecule has 1 aromatic carbocycles. The number of aryl methyl sites for hydroxylation is 1. The summed E-state index contributed by atoms with van der Waals surface area (Å²) >= 11 is 1.68. The second-order valence-electron chi connectivity index (χ2n) is 4.61. The number of ether oxygens (including phenoxy) is 2. The minimum atomic E-state index is -0.120. The third-order valence-electron chi connectivity index (χ3n) is 3.16. The van der Waals surface area contributed by atoms with E-state index in [1.807, 2.05) is 6.07 Å². The zero-order valence-corrected chi connectivity index (χ0v) is 13.2. The van der Waals surface area contributed by atoms with Gasteiger partial charge in [-0.3, -0.25) is 4.79 Å². The van der Waals surface area contributed by atoms with Gasteiger partial charge in [0.15, 0.2) is 0 Å². The van der Waals surface area contributed by atoms with Crippen LogP contribution in [0.25, 0.3) is 0 Å². The van der Waals surface area contributed by atoms with E-state index in [2.05, 4.69) is 18.3 Å². The minimum absolute atomic E-state index is 0.118. The Labute approximate surface area is 128 Å². The van der Waals surface area contributed by atoms with Crippen LogP contribution in [0.15, 0.2) is 36.4 Å². The normalized spacial score (nSPS) is 12.0. The van der Waals surface area contributed by atoms with Crippen molar-refractivity contribution in [3.63, 3.8) is 0 Å². The smallest absolute Gasteiger partial charge is 0.251 e. The van der Waals surface area contributed by atoms with Crippen molar-refractivity contribution in [3.05, 3.63) is 51.7 Å². The van der Waals surface area contributed by atoms with Gasteiger partial charge >= 0.3 is 0 Å².